The van der Waals surface area contributed by atoms with Crippen molar-refractivity contribution in [3.8, 4) is 22.8 Å². The summed E-state index contributed by atoms with van der Waals surface area (Å²) in [6.45, 7) is 3.83. The zero-order chi connectivity index (χ0) is 20.8. The summed E-state index contributed by atoms with van der Waals surface area (Å²) in [6, 6.07) is 13.5. The molecule has 0 saturated carbocycles. The molecule has 1 N–H and O–H groups in total. The third-order valence-corrected chi connectivity index (χ3v) is 5.25. The molecule has 0 spiro atoms. The van der Waals surface area contributed by atoms with Gasteiger partial charge in [-0.25, -0.2) is 0 Å². The number of nitrogens with zero attached hydrogens (tertiary/aromatic N) is 2. The van der Waals surface area contributed by atoms with Gasteiger partial charge in [0.15, 0.2) is 0 Å². The van der Waals surface area contributed by atoms with Crippen molar-refractivity contribution in [3.05, 3.63) is 70.8 Å². The van der Waals surface area contributed by atoms with Gasteiger partial charge in [0.2, 0.25) is 5.82 Å². The lowest BCUT2D eigenvalue weighted by Crippen LogP contribution is -2.11. The van der Waals surface area contributed by atoms with E-state index in [-0.39, 0.29) is 5.92 Å². The highest BCUT2D eigenvalue weighted by molar-refractivity contribution is 6.31. The van der Waals surface area contributed by atoms with Gasteiger partial charge in [0, 0.05) is 16.1 Å². The molecule has 2 aromatic carbocycles. The molecule has 0 radical (unpaired) electrons. The average molecular weight is 411 g/mol. The van der Waals surface area contributed by atoms with Gasteiger partial charge in [0.25, 0.3) is 5.89 Å². The van der Waals surface area contributed by atoms with Gasteiger partial charge in [-0.05, 0) is 55.5 Å². The summed E-state index contributed by atoms with van der Waals surface area (Å²) in [7, 11) is 0. The van der Waals surface area contributed by atoms with Crippen LogP contribution in [-0.2, 0) is 11.2 Å². The molecule has 150 valence electrons. The van der Waals surface area contributed by atoms with Crippen molar-refractivity contribution in [1.82, 2.24) is 10.1 Å². The molecular formula is C23H23ClN2O3. The van der Waals surface area contributed by atoms with Crippen LogP contribution in [0.4, 0.5) is 0 Å². The Morgan fingerprint density at radius 3 is 2.55 bits per heavy atom. The SMILES string of the molecule is CCC(C/C=C\Cc1ccc(-c2nc(-c3ccc(C)c(Cl)c3)no2)cc1)C(=O)O. The second kappa shape index (κ2) is 9.52. The second-order valence-corrected chi connectivity index (χ2v) is 7.35. The Bertz CT molecular complexity index is 1010. The highest BCUT2D eigenvalue weighted by atomic mass is 35.5. The third-order valence-electron chi connectivity index (χ3n) is 4.84. The number of hydrogen-bond donors (Lipinski definition) is 1. The average Bonchev–Trinajstić information content (AvgIpc) is 3.20. The van der Waals surface area contributed by atoms with Crippen LogP contribution in [0.5, 0.6) is 0 Å². The van der Waals surface area contributed by atoms with Gasteiger partial charge in [-0.2, -0.15) is 4.98 Å². The number of benzene rings is 2. The first-order valence-electron chi connectivity index (χ1n) is 9.55. The van der Waals surface area contributed by atoms with Crippen LogP contribution in [0.25, 0.3) is 22.8 Å². The molecule has 1 heterocycles. The van der Waals surface area contributed by atoms with E-state index in [9.17, 15) is 4.79 Å². The van der Waals surface area contributed by atoms with Gasteiger partial charge < -0.3 is 9.63 Å². The zero-order valence-corrected chi connectivity index (χ0v) is 17.2. The maximum atomic E-state index is 11.0. The van der Waals surface area contributed by atoms with Gasteiger partial charge in [-0.15, -0.1) is 0 Å². The van der Waals surface area contributed by atoms with E-state index in [1.807, 2.05) is 68.5 Å². The number of hydrogen-bond acceptors (Lipinski definition) is 4. The molecule has 0 amide bonds. The monoisotopic (exact) mass is 410 g/mol. The van der Waals surface area contributed by atoms with Crippen molar-refractivity contribution in [2.45, 2.75) is 33.1 Å². The van der Waals surface area contributed by atoms with Gasteiger partial charge in [0.05, 0.1) is 5.92 Å². The van der Waals surface area contributed by atoms with Crippen LogP contribution in [0.15, 0.2) is 59.1 Å². The maximum absolute atomic E-state index is 11.0. The summed E-state index contributed by atoms with van der Waals surface area (Å²) in [5.74, 6) is -0.110. The third kappa shape index (κ3) is 5.33. The number of halogens is 1. The molecule has 29 heavy (non-hydrogen) atoms. The predicted octanol–water partition coefficient (Wildman–Crippen LogP) is 5.97. The number of carboxylic acid groups (broad SMARTS) is 1. The number of rotatable bonds is 8. The van der Waals surface area contributed by atoms with Crippen LogP contribution in [-0.4, -0.2) is 21.2 Å². The Morgan fingerprint density at radius 1 is 1.17 bits per heavy atom. The molecule has 0 aliphatic rings. The molecular weight excluding hydrogens is 388 g/mol. The predicted molar refractivity (Wildman–Crippen MR) is 114 cm³/mol. The number of aryl methyl sites for hydroxylation is 1. The van der Waals surface area contributed by atoms with Crippen LogP contribution in [0.2, 0.25) is 5.02 Å². The summed E-state index contributed by atoms with van der Waals surface area (Å²) in [6.07, 6.45) is 5.88. The molecule has 0 fully saturated rings. The van der Waals surface area contributed by atoms with Crippen molar-refractivity contribution in [1.29, 1.82) is 0 Å². The first-order chi connectivity index (χ1) is 14.0. The van der Waals surface area contributed by atoms with Gasteiger partial charge >= 0.3 is 5.97 Å². The minimum Gasteiger partial charge on any atom is -0.481 e. The molecule has 6 heteroatoms. The van der Waals surface area contributed by atoms with E-state index in [4.69, 9.17) is 21.2 Å². The fraction of sp³-hybridized carbons (Fsp3) is 0.261. The first-order valence-corrected chi connectivity index (χ1v) is 9.93. The summed E-state index contributed by atoms with van der Waals surface area (Å²) >= 11 is 6.18. The Balaban J connectivity index is 1.64. The topological polar surface area (TPSA) is 76.2 Å². The van der Waals surface area contributed by atoms with Crippen molar-refractivity contribution < 1.29 is 14.4 Å². The molecule has 1 unspecified atom stereocenters. The minimum atomic E-state index is -0.742. The van der Waals surface area contributed by atoms with Crippen molar-refractivity contribution in [2.75, 3.05) is 0 Å². The quantitative estimate of drug-likeness (QED) is 0.463. The summed E-state index contributed by atoms with van der Waals surface area (Å²) in [4.78, 5) is 15.5. The van der Waals surface area contributed by atoms with Crippen molar-refractivity contribution in [2.24, 2.45) is 5.92 Å². The lowest BCUT2D eigenvalue weighted by molar-refractivity contribution is -0.141. The van der Waals surface area contributed by atoms with Crippen LogP contribution in [0, 0.1) is 12.8 Å². The molecule has 0 aliphatic heterocycles. The number of aliphatic carboxylic acids is 1. The fourth-order valence-electron chi connectivity index (χ4n) is 2.90. The standard InChI is InChI=1S/C23H23ClN2O3/c1-3-17(23(27)28)7-5-4-6-16-9-12-18(13-10-16)22-25-21(26-29-22)19-11-8-15(2)20(24)14-19/h4-5,8-14,17H,3,6-7H2,1-2H3,(H,27,28)/b5-4-. The molecule has 1 atom stereocenters. The summed E-state index contributed by atoms with van der Waals surface area (Å²) in [5.41, 5.74) is 3.77. The minimum absolute atomic E-state index is 0.316. The van der Waals surface area contributed by atoms with E-state index in [2.05, 4.69) is 10.1 Å². The van der Waals surface area contributed by atoms with E-state index in [1.54, 1.807) is 0 Å². The molecule has 3 rings (SSSR count). The Labute approximate surface area is 175 Å². The van der Waals surface area contributed by atoms with Crippen molar-refractivity contribution in [3.63, 3.8) is 0 Å². The van der Waals surface area contributed by atoms with E-state index in [0.717, 1.165) is 28.7 Å². The number of allylic oxidation sites excluding steroid dienone is 2. The fourth-order valence-corrected chi connectivity index (χ4v) is 3.08. The molecule has 0 bridgehead atoms. The van der Waals surface area contributed by atoms with Crippen LogP contribution in [0.3, 0.4) is 0 Å². The molecule has 0 aliphatic carbocycles. The van der Waals surface area contributed by atoms with E-state index < -0.39 is 5.97 Å². The molecule has 5 nitrogen and oxygen atoms in total. The Morgan fingerprint density at radius 2 is 1.90 bits per heavy atom. The normalized spacial score (nSPS) is 12.4. The maximum Gasteiger partial charge on any atom is 0.306 e. The lowest BCUT2D eigenvalue weighted by atomic mass is 10.0. The van der Waals surface area contributed by atoms with Gasteiger partial charge in [-0.3, -0.25) is 4.79 Å². The Kier molecular flexibility index (Phi) is 6.83. The summed E-state index contributed by atoms with van der Waals surface area (Å²) < 4.78 is 5.40. The highest BCUT2D eigenvalue weighted by Gasteiger charge is 2.13. The number of aromatic nitrogens is 2. The number of carboxylic acids is 1. The summed E-state index contributed by atoms with van der Waals surface area (Å²) in [5, 5.41) is 13.8. The second-order valence-electron chi connectivity index (χ2n) is 6.94. The Hall–Kier alpha value is -2.92. The smallest absolute Gasteiger partial charge is 0.306 e. The van der Waals surface area contributed by atoms with Crippen LogP contribution in [0.1, 0.15) is 30.9 Å². The van der Waals surface area contributed by atoms with Crippen molar-refractivity contribution >= 4 is 17.6 Å². The molecule has 0 saturated heterocycles. The van der Waals surface area contributed by atoms with Gasteiger partial charge in [0.1, 0.15) is 0 Å². The van der Waals surface area contributed by atoms with E-state index in [1.165, 1.54) is 0 Å². The zero-order valence-electron chi connectivity index (χ0n) is 16.4. The molecule has 1 aromatic heterocycles. The van der Waals surface area contributed by atoms with E-state index >= 15 is 0 Å². The largest absolute Gasteiger partial charge is 0.481 e. The molecule has 3 aromatic rings. The van der Waals surface area contributed by atoms with Crippen LogP contribution < -0.4 is 0 Å². The highest BCUT2D eigenvalue weighted by Crippen LogP contribution is 2.26. The van der Waals surface area contributed by atoms with Crippen LogP contribution >= 0.6 is 11.6 Å². The first kappa shape index (κ1) is 20.8. The number of carbonyl (C=O) groups is 1. The lowest BCUT2D eigenvalue weighted by Gasteiger charge is -2.05. The van der Waals surface area contributed by atoms with E-state index in [0.29, 0.717) is 29.6 Å². The van der Waals surface area contributed by atoms with Gasteiger partial charge in [-0.1, -0.05) is 60.1 Å².